The Bertz CT molecular complexity index is 905. The lowest BCUT2D eigenvalue weighted by atomic mass is 9.74. The largest absolute Gasteiger partial charge is 0.389 e. The van der Waals surface area contributed by atoms with Crippen LogP contribution in [-0.2, 0) is 0 Å². The smallest absolute Gasteiger partial charge is 0.113 e. The van der Waals surface area contributed by atoms with Crippen molar-refractivity contribution in [3.8, 4) is 0 Å². The van der Waals surface area contributed by atoms with Crippen molar-refractivity contribution in [3.63, 3.8) is 0 Å². The SMILES string of the molecule is OC1(C2C[P+](c3ccccc3)(c3ccccc3)c3ccccc32)CCCCC1. The summed E-state index contributed by atoms with van der Waals surface area (Å²) in [6, 6.07) is 31.1. The third kappa shape index (κ3) is 2.76. The van der Waals surface area contributed by atoms with E-state index in [1.807, 2.05) is 0 Å². The Kier molecular flexibility index (Phi) is 4.62. The van der Waals surface area contributed by atoms with Crippen molar-refractivity contribution < 1.29 is 5.11 Å². The number of rotatable bonds is 3. The highest BCUT2D eigenvalue weighted by molar-refractivity contribution is 7.96. The summed E-state index contributed by atoms with van der Waals surface area (Å²) < 4.78 is 0. The highest BCUT2D eigenvalue weighted by Gasteiger charge is 2.58. The van der Waals surface area contributed by atoms with Gasteiger partial charge in [0.2, 0.25) is 0 Å². The van der Waals surface area contributed by atoms with Crippen LogP contribution in [0.4, 0.5) is 0 Å². The van der Waals surface area contributed by atoms with E-state index in [2.05, 4.69) is 84.9 Å². The Morgan fingerprint density at radius 1 is 0.679 bits per heavy atom. The van der Waals surface area contributed by atoms with E-state index in [4.69, 9.17) is 0 Å². The zero-order chi connectivity index (χ0) is 19.0. The Morgan fingerprint density at radius 3 is 1.82 bits per heavy atom. The van der Waals surface area contributed by atoms with Gasteiger partial charge in [0, 0.05) is 5.56 Å². The monoisotopic (exact) mass is 387 g/mol. The molecule has 1 heterocycles. The zero-order valence-electron chi connectivity index (χ0n) is 16.3. The van der Waals surface area contributed by atoms with Crippen LogP contribution in [0.1, 0.15) is 43.6 Å². The van der Waals surface area contributed by atoms with Crippen molar-refractivity contribution in [2.75, 3.05) is 6.16 Å². The third-order valence-corrected chi connectivity index (χ3v) is 11.4. The van der Waals surface area contributed by atoms with E-state index in [9.17, 15) is 5.11 Å². The van der Waals surface area contributed by atoms with Gasteiger partial charge in [-0.3, -0.25) is 0 Å². The van der Waals surface area contributed by atoms with Gasteiger partial charge in [-0.1, -0.05) is 73.9 Å². The average molecular weight is 387 g/mol. The lowest BCUT2D eigenvalue weighted by Gasteiger charge is -2.37. The first-order valence-corrected chi connectivity index (χ1v) is 12.5. The van der Waals surface area contributed by atoms with Crippen LogP contribution in [0.2, 0.25) is 0 Å². The second kappa shape index (κ2) is 7.14. The fraction of sp³-hybridized carbons (Fsp3) is 0.308. The molecule has 142 valence electrons. The third-order valence-electron chi connectivity index (χ3n) is 6.94. The second-order valence-electron chi connectivity index (χ2n) is 8.44. The van der Waals surface area contributed by atoms with Crippen LogP contribution in [0.5, 0.6) is 0 Å². The molecule has 3 aromatic rings. The molecular weight excluding hydrogens is 359 g/mol. The molecule has 1 unspecified atom stereocenters. The van der Waals surface area contributed by atoms with Crippen LogP contribution in [-0.4, -0.2) is 16.9 Å². The first-order valence-electron chi connectivity index (χ1n) is 10.6. The van der Waals surface area contributed by atoms with Gasteiger partial charge in [0.25, 0.3) is 0 Å². The lowest BCUT2D eigenvalue weighted by Crippen LogP contribution is -2.39. The molecule has 3 aromatic carbocycles. The molecule has 0 saturated heterocycles. The second-order valence-corrected chi connectivity index (χ2v) is 11.9. The fourth-order valence-corrected chi connectivity index (χ4v) is 10.5. The molecule has 0 radical (unpaired) electrons. The summed E-state index contributed by atoms with van der Waals surface area (Å²) in [5.74, 6) is 0.234. The molecule has 5 rings (SSSR count). The van der Waals surface area contributed by atoms with E-state index in [1.54, 1.807) is 0 Å². The number of fused-ring (bicyclic) bond motifs is 1. The molecule has 0 spiro atoms. The van der Waals surface area contributed by atoms with Crippen molar-refractivity contribution in [3.05, 3.63) is 90.5 Å². The van der Waals surface area contributed by atoms with E-state index in [0.717, 1.165) is 31.8 Å². The quantitative estimate of drug-likeness (QED) is 0.642. The molecule has 1 atom stereocenters. The van der Waals surface area contributed by atoms with Gasteiger partial charge in [0.05, 0.1) is 17.7 Å². The molecule has 1 saturated carbocycles. The van der Waals surface area contributed by atoms with Crippen LogP contribution in [0.3, 0.4) is 0 Å². The summed E-state index contributed by atoms with van der Waals surface area (Å²) in [7, 11) is -1.77. The molecule has 2 heteroatoms. The Hall–Kier alpha value is -1.95. The maximum atomic E-state index is 11.8. The van der Waals surface area contributed by atoms with Crippen LogP contribution < -0.4 is 15.9 Å². The summed E-state index contributed by atoms with van der Waals surface area (Å²) in [4.78, 5) is 0. The van der Waals surface area contributed by atoms with E-state index in [1.165, 1.54) is 27.9 Å². The van der Waals surface area contributed by atoms with E-state index in [0.29, 0.717) is 0 Å². The first kappa shape index (κ1) is 18.1. The molecule has 1 N–H and O–H groups in total. The van der Waals surface area contributed by atoms with Crippen molar-refractivity contribution in [1.82, 2.24) is 0 Å². The number of aliphatic hydroxyl groups is 1. The van der Waals surface area contributed by atoms with Crippen molar-refractivity contribution >= 4 is 23.2 Å². The minimum absolute atomic E-state index is 0.234. The molecule has 1 aliphatic heterocycles. The summed E-state index contributed by atoms with van der Waals surface area (Å²) in [6.45, 7) is 0. The average Bonchev–Trinajstić information content (AvgIpc) is 3.13. The van der Waals surface area contributed by atoms with Gasteiger partial charge < -0.3 is 5.11 Å². The molecule has 2 aliphatic rings. The molecule has 1 nitrogen and oxygen atoms in total. The lowest BCUT2D eigenvalue weighted by molar-refractivity contribution is -0.0149. The Labute approximate surface area is 168 Å². The van der Waals surface area contributed by atoms with E-state index >= 15 is 0 Å². The highest BCUT2D eigenvalue weighted by Crippen LogP contribution is 2.65. The van der Waals surface area contributed by atoms with Crippen molar-refractivity contribution in [1.29, 1.82) is 0 Å². The Morgan fingerprint density at radius 2 is 1.21 bits per heavy atom. The molecule has 0 aromatic heterocycles. The normalized spacial score (nSPS) is 22.5. The predicted molar refractivity (Wildman–Crippen MR) is 121 cm³/mol. The Balaban J connectivity index is 1.74. The van der Waals surface area contributed by atoms with Gasteiger partial charge in [-0.05, 0) is 43.2 Å². The van der Waals surface area contributed by atoms with E-state index < -0.39 is 12.9 Å². The summed E-state index contributed by atoms with van der Waals surface area (Å²) in [5, 5.41) is 16.1. The molecule has 28 heavy (non-hydrogen) atoms. The summed E-state index contributed by atoms with van der Waals surface area (Å²) >= 11 is 0. The van der Waals surface area contributed by atoms with Gasteiger partial charge in [0.15, 0.2) is 0 Å². The molecular formula is C26H28OP+. The predicted octanol–water partition coefficient (Wildman–Crippen LogP) is 4.77. The summed E-state index contributed by atoms with van der Waals surface area (Å²) in [6.07, 6.45) is 6.49. The van der Waals surface area contributed by atoms with Gasteiger partial charge in [-0.15, -0.1) is 0 Å². The minimum atomic E-state index is -1.77. The van der Waals surface area contributed by atoms with Crippen molar-refractivity contribution in [2.45, 2.75) is 43.6 Å². The van der Waals surface area contributed by atoms with E-state index in [-0.39, 0.29) is 5.92 Å². The van der Waals surface area contributed by atoms with Gasteiger partial charge in [-0.25, -0.2) is 0 Å². The standard InChI is InChI=1S/C26H28OP/c27-26(18-10-3-11-19-26)24-20-28(21-12-4-1-5-13-21,22-14-6-2-7-15-22)25-17-9-8-16-23(24)25/h1-2,4-9,12-17,24,27H,3,10-11,18-20H2/q+1. The molecule has 0 amide bonds. The number of benzene rings is 3. The maximum absolute atomic E-state index is 11.8. The van der Waals surface area contributed by atoms with Crippen LogP contribution in [0, 0.1) is 0 Å². The first-order chi connectivity index (χ1) is 13.7. The molecule has 0 bridgehead atoms. The molecule has 1 fully saturated rings. The highest BCUT2D eigenvalue weighted by atomic mass is 31.2. The topological polar surface area (TPSA) is 20.2 Å². The van der Waals surface area contributed by atoms with Crippen LogP contribution in [0.15, 0.2) is 84.9 Å². The molecule has 1 aliphatic carbocycles. The minimum Gasteiger partial charge on any atom is -0.389 e. The van der Waals surface area contributed by atoms with Crippen LogP contribution >= 0.6 is 7.26 Å². The van der Waals surface area contributed by atoms with Gasteiger partial charge >= 0.3 is 0 Å². The fourth-order valence-electron chi connectivity index (χ4n) is 5.58. The number of hydrogen-bond donors (Lipinski definition) is 1. The van der Waals surface area contributed by atoms with Crippen molar-refractivity contribution in [2.24, 2.45) is 0 Å². The summed E-state index contributed by atoms with van der Waals surface area (Å²) in [5.41, 5.74) is 0.840. The van der Waals surface area contributed by atoms with Gasteiger partial charge in [0.1, 0.15) is 23.2 Å². The van der Waals surface area contributed by atoms with Crippen LogP contribution in [0.25, 0.3) is 0 Å². The zero-order valence-corrected chi connectivity index (χ0v) is 17.2. The number of hydrogen-bond acceptors (Lipinski definition) is 1. The van der Waals surface area contributed by atoms with Gasteiger partial charge in [-0.2, -0.15) is 0 Å². The maximum Gasteiger partial charge on any atom is 0.113 e.